The molecule has 6 fully saturated rings. The van der Waals surface area contributed by atoms with Crippen molar-refractivity contribution in [2.45, 2.75) is 103 Å². The number of carbonyl (C=O) groups excluding carboxylic acids is 5. The summed E-state index contributed by atoms with van der Waals surface area (Å²) in [6.07, 6.45) is 9.77. The van der Waals surface area contributed by atoms with Gasteiger partial charge in [0.05, 0.1) is 6.04 Å². The molecule has 5 amide bonds. The lowest BCUT2D eigenvalue weighted by Crippen LogP contribution is -2.62. The largest absolute Gasteiger partial charge is 0.346 e. The number of benzene rings is 1. The number of rotatable bonds is 12. The number of nitrogens with zero attached hydrogens (tertiary/aromatic N) is 1. The molecular weight excluding hydrogens is 618 g/mol. The van der Waals surface area contributed by atoms with Crippen molar-refractivity contribution < 1.29 is 24.0 Å². The van der Waals surface area contributed by atoms with Crippen molar-refractivity contribution in [1.29, 1.82) is 0 Å². The number of Topliss-reactive ketones (excluding diaryl/α,β-unsaturated/α-hetero) is 1. The number of piperidine rings is 1. The Morgan fingerprint density at radius 2 is 1.59 bits per heavy atom. The average Bonchev–Trinajstić information content (AvgIpc) is 3.42. The maximum absolute atomic E-state index is 14.8. The molecule has 1 aromatic rings. The second-order valence-electron chi connectivity index (χ2n) is 16.6. The average molecular weight is 672 g/mol. The maximum atomic E-state index is 14.8. The SMILES string of the molecule is C=CCNC(=O)C(=O)C(CCC)NC(=O)[C@@H]1C2C(CN1C(=O)C(NC(=O)NC1C3CC4CC(C3)CC1C4)C1Cc3ccccc3C1)C2(C)C. The lowest BCUT2D eigenvalue weighted by Gasteiger charge is -2.54. The van der Waals surface area contributed by atoms with Crippen molar-refractivity contribution in [3.05, 3.63) is 48.0 Å². The molecular formula is C39H53N5O5. The van der Waals surface area contributed by atoms with Crippen LogP contribution < -0.4 is 21.3 Å². The Bertz CT molecular complexity index is 1470. The molecule has 49 heavy (non-hydrogen) atoms. The van der Waals surface area contributed by atoms with Gasteiger partial charge in [-0.2, -0.15) is 0 Å². The predicted octanol–water partition coefficient (Wildman–Crippen LogP) is 3.53. The van der Waals surface area contributed by atoms with Gasteiger partial charge in [-0.1, -0.05) is 57.5 Å². The Morgan fingerprint density at radius 3 is 2.18 bits per heavy atom. The molecule has 5 saturated carbocycles. The van der Waals surface area contributed by atoms with E-state index in [1.54, 1.807) is 4.90 Å². The Labute approximate surface area is 290 Å². The third-order valence-corrected chi connectivity index (χ3v) is 13.2. The van der Waals surface area contributed by atoms with E-state index in [2.05, 4.69) is 53.8 Å². The molecule has 10 heteroatoms. The van der Waals surface area contributed by atoms with Gasteiger partial charge >= 0.3 is 6.03 Å². The van der Waals surface area contributed by atoms with Crippen LogP contribution in [0.25, 0.3) is 0 Å². The van der Waals surface area contributed by atoms with Crippen molar-refractivity contribution in [3.63, 3.8) is 0 Å². The van der Waals surface area contributed by atoms with E-state index in [1.807, 2.05) is 19.1 Å². The molecule has 264 valence electrons. The molecule has 4 N–H and O–H groups in total. The second kappa shape index (κ2) is 13.2. The van der Waals surface area contributed by atoms with Gasteiger partial charge < -0.3 is 26.2 Å². The third kappa shape index (κ3) is 6.29. The minimum absolute atomic E-state index is 0.0771. The molecule has 1 aromatic carbocycles. The molecule has 1 saturated heterocycles. The van der Waals surface area contributed by atoms with E-state index in [1.165, 1.54) is 49.3 Å². The van der Waals surface area contributed by atoms with Gasteiger partial charge in [-0.25, -0.2) is 4.79 Å². The summed E-state index contributed by atoms with van der Waals surface area (Å²) in [5.41, 5.74) is 2.22. The molecule has 1 aliphatic heterocycles. The Morgan fingerprint density at radius 1 is 0.959 bits per heavy atom. The molecule has 4 bridgehead atoms. The van der Waals surface area contributed by atoms with Crippen molar-refractivity contribution in [3.8, 4) is 0 Å². The normalized spacial score (nSPS) is 32.8. The molecule has 5 atom stereocenters. The number of urea groups is 1. The maximum Gasteiger partial charge on any atom is 0.315 e. The Hall–Kier alpha value is -3.69. The molecule has 4 unspecified atom stereocenters. The minimum Gasteiger partial charge on any atom is -0.346 e. The van der Waals surface area contributed by atoms with Crippen LogP contribution in [0.2, 0.25) is 0 Å². The highest BCUT2D eigenvalue weighted by Crippen LogP contribution is 2.65. The Balaban J connectivity index is 1.11. The summed E-state index contributed by atoms with van der Waals surface area (Å²) in [7, 11) is 0. The van der Waals surface area contributed by atoms with Gasteiger partial charge in [0.15, 0.2) is 0 Å². The molecule has 0 aromatic heterocycles. The number of hydrogen-bond acceptors (Lipinski definition) is 5. The number of ketones is 1. The summed E-state index contributed by atoms with van der Waals surface area (Å²) in [4.78, 5) is 70.1. The van der Waals surface area contributed by atoms with Crippen LogP contribution in [0.4, 0.5) is 4.79 Å². The van der Waals surface area contributed by atoms with Gasteiger partial charge in [0.1, 0.15) is 12.1 Å². The first-order valence-electron chi connectivity index (χ1n) is 18.7. The summed E-state index contributed by atoms with van der Waals surface area (Å²) >= 11 is 0. The van der Waals surface area contributed by atoms with Crippen LogP contribution in [0.5, 0.6) is 0 Å². The van der Waals surface area contributed by atoms with E-state index in [0.29, 0.717) is 44.1 Å². The van der Waals surface area contributed by atoms with Gasteiger partial charge in [-0.05, 0) is 109 Å². The van der Waals surface area contributed by atoms with Crippen LogP contribution in [0.1, 0.15) is 76.8 Å². The number of fused-ring (bicyclic) bond motifs is 2. The standard InChI is InChI=1S/C39H53N5O5/c1-5-9-29(34(45)36(47)40-12-6-2)41-35(46)33-30-28(39(30,3)4)20-44(33)37(48)32(27-18-23-10-7-8-11-24(23)19-27)43-38(49)42-31-25-14-21-13-22(16-25)17-26(31)15-21/h6-8,10-11,21-22,25-33H,2,5,9,12-20H2,1,3-4H3,(H,40,47)(H,41,46)(H2,42,43,49)/t21?,22?,25?,26?,28?,29?,30?,31?,32?,33-/m0/s1. The summed E-state index contributed by atoms with van der Waals surface area (Å²) in [5, 5.41) is 11.9. The van der Waals surface area contributed by atoms with Crippen molar-refractivity contribution in [1.82, 2.24) is 26.2 Å². The number of amides is 5. The van der Waals surface area contributed by atoms with Crippen molar-refractivity contribution in [2.24, 2.45) is 46.8 Å². The van der Waals surface area contributed by atoms with Gasteiger partial charge in [0, 0.05) is 19.1 Å². The highest BCUT2D eigenvalue weighted by atomic mass is 16.2. The highest BCUT2D eigenvalue weighted by molar-refractivity contribution is 6.38. The van der Waals surface area contributed by atoms with E-state index in [4.69, 9.17) is 0 Å². The van der Waals surface area contributed by atoms with Crippen molar-refractivity contribution >= 4 is 29.5 Å². The van der Waals surface area contributed by atoms with E-state index in [-0.39, 0.29) is 47.7 Å². The summed E-state index contributed by atoms with van der Waals surface area (Å²) in [5.74, 6) is 0.363. The van der Waals surface area contributed by atoms with E-state index in [0.717, 1.165) is 11.8 Å². The number of likely N-dealkylation sites (tertiary alicyclic amines) is 1. The molecule has 6 aliphatic carbocycles. The second-order valence-corrected chi connectivity index (χ2v) is 16.6. The first-order chi connectivity index (χ1) is 23.5. The zero-order valence-electron chi connectivity index (χ0n) is 29.2. The summed E-state index contributed by atoms with van der Waals surface area (Å²) < 4.78 is 0. The van der Waals surface area contributed by atoms with Crippen LogP contribution in [0.3, 0.4) is 0 Å². The van der Waals surface area contributed by atoms with E-state index >= 15 is 0 Å². The quantitative estimate of drug-likeness (QED) is 0.199. The number of carbonyl (C=O) groups is 5. The van der Waals surface area contributed by atoms with Gasteiger partial charge in [-0.3, -0.25) is 19.2 Å². The first-order valence-corrected chi connectivity index (χ1v) is 18.7. The fraction of sp³-hybridized carbons (Fsp3) is 0.667. The zero-order valence-corrected chi connectivity index (χ0v) is 29.2. The third-order valence-electron chi connectivity index (χ3n) is 13.2. The molecule has 0 radical (unpaired) electrons. The molecule has 7 aliphatic rings. The lowest BCUT2D eigenvalue weighted by atomic mass is 9.54. The van der Waals surface area contributed by atoms with Crippen LogP contribution >= 0.6 is 0 Å². The van der Waals surface area contributed by atoms with E-state index < -0.39 is 35.7 Å². The number of nitrogens with one attached hydrogen (secondary N) is 4. The fourth-order valence-corrected chi connectivity index (χ4v) is 10.9. The van der Waals surface area contributed by atoms with Crippen LogP contribution in [-0.2, 0) is 32.0 Å². The predicted molar refractivity (Wildman–Crippen MR) is 185 cm³/mol. The Kier molecular flexibility index (Phi) is 9.11. The zero-order chi connectivity index (χ0) is 34.6. The monoisotopic (exact) mass is 671 g/mol. The van der Waals surface area contributed by atoms with Crippen LogP contribution in [0.15, 0.2) is 36.9 Å². The van der Waals surface area contributed by atoms with Crippen molar-refractivity contribution in [2.75, 3.05) is 13.1 Å². The first kappa shape index (κ1) is 33.8. The van der Waals surface area contributed by atoms with Crippen LogP contribution in [-0.4, -0.2) is 71.7 Å². The smallest absolute Gasteiger partial charge is 0.315 e. The van der Waals surface area contributed by atoms with Gasteiger partial charge in [0.2, 0.25) is 17.6 Å². The molecule has 10 nitrogen and oxygen atoms in total. The number of hydrogen-bond donors (Lipinski definition) is 4. The lowest BCUT2D eigenvalue weighted by molar-refractivity contribution is -0.144. The summed E-state index contributed by atoms with van der Waals surface area (Å²) in [6.45, 7) is 10.3. The van der Waals surface area contributed by atoms with Gasteiger partial charge in [-0.15, -0.1) is 6.58 Å². The molecule has 1 heterocycles. The molecule has 8 rings (SSSR count). The van der Waals surface area contributed by atoms with Gasteiger partial charge in [0.25, 0.3) is 5.91 Å². The van der Waals surface area contributed by atoms with E-state index in [9.17, 15) is 24.0 Å². The topological polar surface area (TPSA) is 137 Å². The molecule has 0 spiro atoms. The highest BCUT2D eigenvalue weighted by Gasteiger charge is 2.70. The van der Waals surface area contributed by atoms with Crippen LogP contribution in [0, 0.1) is 46.8 Å². The summed E-state index contributed by atoms with van der Waals surface area (Å²) in [6, 6.07) is 5.44. The fourth-order valence-electron chi connectivity index (χ4n) is 10.9. The minimum atomic E-state index is -0.995.